The first-order chi connectivity index (χ1) is 12.2. The molecule has 136 valence electrons. The summed E-state index contributed by atoms with van der Waals surface area (Å²) in [5.74, 6) is -1.23. The van der Waals surface area contributed by atoms with Gasteiger partial charge < -0.3 is 9.47 Å². The van der Waals surface area contributed by atoms with Crippen LogP contribution in [0.25, 0.3) is 11.1 Å². The number of cyclic esters (lactones) is 1. The van der Waals surface area contributed by atoms with Gasteiger partial charge in [-0.3, -0.25) is 0 Å². The topological polar surface area (TPSA) is 95.7 Å². The second kappa shape index (κ2) is 6.71. The molecular formula is C17H13ClFNO5S. The summed E-state index contributed by atoms with van der Waals surface area (Å²) in [6.07, 6.45) is 0. The van der Waals surface area contributed by atoms with Crippen LogP contribution in [0, 0.1) is 5.82 Å². The first-order valence-electron chi connectivity index (χ1n) is 7.29. The number of hydrogen-bond acceptors (Lipinski definition) is 5. The van der Waals surface area contributed by atoms with Crippen molar-refractivity contribution in [2.24, 2.45) is 5.14 Å². The number of nitrogens with two attached hydrogens (primary N) is 1. The molecule has 3 rings (SSSR count). The highest BCUT2D eigenvalue weighted by molar-refractivity contribution is 7.89. The highest BCUT2D eigenvalue weighted by Crippen LogP contribution is 2.36. The van der Waals surface area contributed by atoms with Gasteiger partial charge in [-0.15, -0.1) is 0 Å². The summed E-state index contributed by atoms with van der Waals surface area (Å²) in [6.45, 7) is -0.0761. The Morgan fingerprint density at radius 2 is 1.88 bits per heavy atom. The highest BCUT2D eigenvalue weighted by Gasteiger charge is 2.28. The summed E-state index contributed by atoms with van der Waals surface area (Å²) < 4.78 is 47.1. The third kappa shape index (κ3) is 3.31. The quantitative estimate of drug-likeness (QED) is 0.800. The number of primary sulfonamides is 1. The molecule has 0 atom stereocenters. The lowest BCUT2D eigenvalue weighted by molar-refractivity contribution is -0.133. The van der Waals surface area contributed by atoms with Crippen molar-refractivity contribution in [1.82, 2.24) is 0 Å². The normalized spacial score (nSPS) is 14.5. The minimum atomic E-state index is -4.18. The summed E-state index contributed by atoms with van der Waals surface area (Å²) in [6, 6.07) is 8.17. The first-order valence-corrected chi connectivity index (χ1v) is 9.21. The van der Waals surface area contributed by atoms with Gasteiger partial charge in [0.15, 0.2) is 0 Å². The lowest BCUT2D eigenvalue weighted by Gasteiger charge is -2.09. The Morgan fingerprint density at radius 3 is 2.50 bits per heavy atom. The molecule has 0 aromatic heterocycles. The lowest BCUT2D eigenvalue weighted by atomic mass is 9.96. The maximum Gasteiger partial charge on any atom is 0.339 e. The number of benzene rings is 2. The largest absolute Gasteiger partial charge is 0.495 e. The van der Waals surface area contributed by atoms with Crippen molar-refractivity contribution in [3.8, 4) is 5.75 Å². The van der Waals surface area contributed by atoms with Crippen LogP contribution in [0.15, 0.2) is 41.3 Å². The smallest absolute Gasteiger partial charge is 0.339 e. The number of carbonyl (C=O) groups excluding carboxylic acids is 1. The molecule has 26 heavy (non-hydrogen) atoms. The van der Waals surface area contributed by atoms with E-state index in [0.717, 1.165) is 12.1 Å². The molecule has 2 aromatic rings. The zero-order valence-electron chi connectivity index (χ0n) is 13.5. The second-order valence-electron chi connectivity index (χ2n) is 5.47. The summed E-state index contributed by atoms with van der Waals surface area (Å²) in [5.41, 5.74) is 1.44. The minimum absolute atomic E-state index is 0.0761. The number of carbonyl (C=O) groups is 1. The third-order valence-corrected chi connectivity index (χ3v) is 5.14. The predicted octanol–water partition coefficient (Wildman–Crippen LogP) is 2.60. The molecule has 6 nitrogen and oxygen atoms in total. The second-order valence-corrected chi connectivity index (χ2v) is 7.41. The fourth-order valence-electron chi connectivity index (χ4n) is 2.66. The van der Waals surface area contributed by atoms with Gasteiger partial charge in [-0.05, 0) is 35.4 Å². The zero-order valence-corrected chi connectivity index (χ0v) is 15.0. The number of halogens is 2. The van der Waals surface area contributed by atoms with E-state index in [0.29, 0.717) is 27.5 Å². The van der Waals surface area contributed by atoms with Crippen LogP contribution in [0.2, 0.25) is 5.02 Å². The van der Waals surface area contributed by atoms with Crippen LogP contribution in [0.3, 0.4) is 0 Å². The standard InChI is InChI=1S/C17H13ClFNO5S/c1-24-14-7-10(2-4-12(14)18)16-11(8-25-17(16)21)9-3-5-15(13(19)6-9)26(20,22)23/h2-7H,8H2,1H3,(H2,20,22,23). The van der Waals surface area contributed by atoms with Crippen molar-refractivity contribution in [3.05, 3.63) is 58.4 Å². The SMILES string of the molecule is COc1cc(C2=C(c3ccc(S(N)(=O)=O)c(F)c3)COC2=O)ccc1Cl. The Kier molecular flexibility index (Phi) is 4.74. The maximum absolute atomic E-state index is 14.2. The number of ether oxygens (including phenoxy) is 2. The van der Waals surface area contributed by atoms with Crippen molar-refractivity contribution in [2.45, 2.75) is 4.90 Å². The predicted molar refractivity (Wildman–Crippen MR) is 93.6 cm³/mol. The molecule has 0 unspecified atom stereocenters. The van der Waals surface area contributed by atoms with E-state index in [1.165, 1.54) is 13.2 Å². The van der Waals surface area contributed by atoms with Crippen LogP contribution < -0.4 is 9.88 Å². The molecule has 0 radical (unpaired) electrons. The number of sulfonamides is 1. The molecule has 0 saturated carbocycles. The highest BCUT2D eigenvalue weighted by atomic mass is 35.5. The molecule has 2 N–H and O–H groups in total. The van der Waals surface area contributed by atoms with Crippen molar-refractivity contribution in [2.75, 3.05) is 13.7 Å². The molecule has 2 aromatic carbocycles. The average molecular weight is 398 g/mol. The van der Waals surface area contributed by atoms with E-state index in [1.807, 2.05) is 0 Å². The zero-order chi connectivity index (χ0) is 19.1. The molecule has 0 bridgehead atoms. The third-order valence-electron chi connectivity index (χ3n) is 3.88. The minimum Gasteiger partial charge on any atom is -0.495 e. The molecule has 0 spiro atoms. The van der Waals surface area contributed by atoms with Crippen LogP contribution >= 0.6 is 11.6 Å². The number of rotatable bonds is 4. The Morgan fingerprint density at radius 1 is 1.19 bits per heavy atom. The van der Waals surface area contributed by atoms with E-state index in [2.05, 4.69) is 0 Å². The van der Waals surface area contributed by atoms with Crippen molar-refractivity contribution in [1.29, 1.82) is 0 Å². The summed E-state index contributed by atoms with van der Waals surface area (Å²) in [7, 11) is -2.75. The van der Waals surface area contributed by atoms with Crippen LogP contribution in [0.5, 0.6) is 5.75 Å². The first kappa shape index (κ1) is 18.4. The van der Waals surface area contributed by atoms with Crippen LogP contribution in [0.4, 0.5) is 4.39 Å². The molecule has 1 aliphatic heterocycles. The molecule has 0 aliphatic carbocycles. The van der Waals surface area contributed by atoms with E-state index in [-0.39, 0.29) is 12.2 Å². The van der Waals surface area contributed by atoms with Gasteiger partial charge in [-0.1, -0.05) is 23.7 Å². The van der Waals surface area contributed by atoms with E-state index in [9.17, 15) is 17.6 Å². The van der Waals surface area contributed by atoms with Crippen molar-refractivity contribution < 1.29 is 27.1 Å². The number of esters is 1. The molecule has 9 heteroatoms. The Hall–Kier alpha value is -2.42. The van der Waals surface area contributed by atoms with E-state index >= 15 is 0 Å². The number of methoxy groups -OCH3 is 1. The van der Waals surface area contributed by atoms with Crippen molar-refractivity contribution >= 4 is 38.7 Å². The summed E-state index contributed by atoms with van der Waals surface area (Å²) >= 11 is 6.00. The fourth-order valence-corrected chi connectivity index (χ4v) is 3.44. The number of hydrogen-bond donors (Lipinski definition) is 1. The summed E-state index contributed by atoms with van der Waals surface area (Å²) in [4.78, 5) is 11.6. The van der Waals surface area contributed by atoms with Gasteiger partial charge in [0, 0.05) is 5.57 Å². The molecule has 1 aliphatic rings. The maximum atomic E-state index is 14.2. The van der Waals surface area contributed by atoms with E-state index in [4.69, 9.17) is 26.2 Å². The van der Waals surface area contributed by atoms with E-state index in [1.54, 1.807) is 18.2 Å². The molecule has 0 amide bonds. The fraction of sp³-hybridized carbons (Fsp3) is 0.118. The van der Waals surface area contributed by atoms with Crippen LogP contribution in [0.1, 0.15) is 11.1 Å². The average Bonchev–Trinajstić information content (AvgIpc) is 2.96. The monoisotopic (exact) mass is 397 g/mol. The van der Waals surface area contributed by atoms with Gasteiger partial charge in [0.05, 0.1) is 17.7 Å². The summed E-state index contributed by atoms with van der Waals surface area (Å²) in [5, 5.41) is 5.33. The van der Waals surface area contributed by atoms with Gasteiger partial charge in [0.1, 0.15) is 23.1 Å². The van der Waals surface area contributed by atoms with Gasteiger partial charge in [0.25, 0.3) is 0 Å². The molecule has 0 fully saturated rings. The van der Waals surface area contributed by atoms with Crippen LogP contribution in [-0.2, 0) is 19.6 Å². The van der Waals surface area contributed by atoms with Gasteiger partial charge in [-0.2, -0.15) is 0 Å². The van der Waals surface area contributed by atoms with E-state index < -0.39 is 26.7 Å². The molecule has 1 heterocycles. The van der Waals surface area contributed by atoms with Gasteiger partial charge >= 0.3 is 5.97 Å². The molecule has 0 saturated heterocycles. The van der Waals surface area contributed by atoms with Crippen LogP contribution in [-0.4, -0.2) is 28.1 Å². The molecular weight excluding hydrogens is 385 g/mol. The van der Waals surface area contributed by atoms with Gasteiger partial charge in [-0.25, -0.2) is 22.7 Å². The Labute approximate surface area is 154 Å². The Bertz CT molecular complexity index is 1050. The Balaban J connectivity index is 2.16. The van der Waals surface area contributed by atoms with Gasteiger partial charge in [0.2, 0.25) is 10.0 Å². The van der Waals surface area contributed by atoms with Crippen molar-refractivity contribution in [3.63, 3.8) is 0 Å². The lowest BCUT2D eigenvalue weighted by Crippen LogP contribution is -2.14.